The van der Waals surface area contributed by atoms with Crippen LogP contribution in [0.4, 0.5) is 10.5 Å². The largest absolute Gasteiger partial charge is 0.452 e. The standard InChI is InChI=1S/C9H11BrN2O4S/c1-6-7(10)4-3-5-8(6)11-17(14,15)12-9(13)16-2/h3-5,11H,1-2H3,(H,12,13). The third kappa shape index (κ3) is 3.90. The lowest BCUT2D eigenvalue weighted by molar-refractivity contribution is 0.177. The van der Waals surface area contributed by atoms with Gasteiger partial charge in [-0.25, -0.2) is 9.52 Å². The molecule has 1 aromatic carbocycles. The second-order valence-electron chi connectivity index (χ2n) is 3.11. The highest BCUT2D eigenvalue weighted by Crippen LogP contribution is 2.23. The van der Waals surface area contributed by atoms with E-state index < -0.39 is 16.3 Å². The molecule has 8 heteroatoms. The second kappa shape index (κ2) is 5.37. The number of carbonyl (C=O) groups excluding carboxylic acids is 1. The van der Waals surface area contributed by atoms with E-state index in [1.807, 2.05) is 0 Å². The average Bonchev–Trinajstić information content (AvgIpc) is 2.23. The summed E-state index contributed by atoms with van der Waals surface area (Å²) in [7, 11) is -2.90. The van der Waals surface area contributed by atoms with Crippen molar-refractivity contribution in [1.29, 1.82) is 0 Å². The first-order valence-corrected chi connectivity index (χ1v) is 6.77. The van der Waals surface area contributed by atoms with Crippen LogP contribution < -0.4 is 9.44 Å². The number of nitrogens with one attached hydrogen (secondary N) is 2. The minimum atomic E-state index is -3.98. The van der Waals surface area contributed by atoms with Crippen molar-refractivity contribution in [2.45, 2.75) is 6.92 Å². The van der Waals surface area contributed by atoms with Crippen molar-refractivity contribution < 1.29 is 17.9 Å². The Morgan fingerprint density at radius 3 is 2.65 bits per heavy atom. The van der Waals surface area contributed by atoms with E-state index in [2.05, 4.69) is 25.4 Å². The molecule has 0 fully saturated rings. The molecule has 94 valence electrons. The summed E-state index contributed by atoms with van der Waals surface area (Å²) in [6.07, 6.45) is -1.05. The first-order valence-electron chi connectivity index (χ1n) is 4.49. The summed E-state index contributed by atoms with van der Waals surface area (Å²) in [6, 6.07) is 5.03. The van der Waals surface area contributed by atoms with Crippen molar-refractivity contribution >= 4 is 37.9 Å². The average molecular weight is 323 g/mol. The molecule has 2 N–H and O–H groups in total. The van der Waals surface area contributed by atoms with E-state index >= 15 is 0 Å². The van der Waals surface area contributed by atoms with Crippen LogP contribution in [0.1, 0.15) is 5.56 Å². The monoisotopic (exact) mass is 322 g/mol. The molecular weight excluding hydrogens is 312 g/mol. The van der Waals surface area contributed by atoms with Crippen LogP contribution in [0, 0.1) is 6.92 Å². The highest BCUT2D eigenvalue weighted by atomic mass is 79.9. The number of carbonyl (C=O) groups is 1. The molecule has 0 saturated heterocycles. The van der Waals surface area contributed by atoms with Crippen LogP contribution in [0.25, 0.3) is 0 Å². The Balaban J connectivity index is 2.91. The van der Waals surface area contributed by atoms with E-state index in [0.717, 1.165) is 11.6 Å². The molecule has 0 bridgehead atoms. The van der Waals surface area contributed by atoms with Gasteiger partial charge in [0.05, 0.1) is 12.8 Å². The smallest absolute Gasteiger partial charge is 0.422 e. The van der Waals surface area contributed by atoms with Crippen molar-refractivity contribution in [3.8, 4) is 0 Å². The van der Waals surface area contributed by atoms with E-state index in [1.54, 1.807) is 29.8 Å². The normalized spacial score (nSPS) is 10.8. The van der Waals surface area contributed by atoms with E-state index in [0.29, 0.717) is 11.3 Å². The van der Waals surface area contributed by atoms with Crippen molar-refractivity contribution in [2.75, 3.05) is 11.8 Å². The maximum Gasteiger partial charge on any atom is 0.422 e. The Hall–Kier alpha value is -1.28. The lowest BCUT2D eigenvalue weighted by Gasteiger charge is -2.11. The molecule has 0 radical (unpaired) electrons. The topological polar surface area (TPSA) is 84.5 Å². The predicted octanol–water partition coefficient (Wildman–Crippen LogP) is 1.77. The van der Waals surface area contributed by atoms with Gasteiger partial charge in [0.2, 0.25) is 0 Å². The summed E-state index contributed by atoms with van der Waals surface area (Å²) in [5.41, 5.74) is 1.08. The zero-order valence-electron chi connectivity index (χ0n) is 9.15. The Kier molecular flexibility index (Phi) is 4.35. The van der Waals surface area contributed by atoms with Gasteiger partial charge in [-0.2, -0.15) is 8.42 Å². The summed E-state index contributed by atoms with van der Waals surface area (Å²) >= 11 is 3.27. The summed E-state index contributed by atoms with van der Waals surface area (Å²) in [6.45, 7) is 1.74. The Morgan fingerprint density at radius 2 is 2.06 bits per heavy atom. The SMILES string of the molecule is COC(=O)NS(=O)(=O)Nc1cccc(Br)c1C. The van der Waals surface area contributed by atoms with Gasteiger partial charge in [-0.3, -0.25) is 4.72 Å². The molecule has 1 aromatic rings. The van der Waals surface area contributed by atoms with Gasteiger partial charge < -0.3 is 4.74 Å². The fourth-order valence-corrected chi connectivity index (χ4v) is 2.27. The zero-order valence-corrected chi connectivity index (χ0v) is 11.6. The highest BCUT2D eigenvalue weighted by molar-refractivity contribution is 9.10. The lowest BCUT2D eigenvalue weighted by atomic mass is 10.2. The zero-order chi connectivity index (χ0) is 13.1. The first-order chi connectivity index (χ1) is 7.85. The van der Waals surface area contributed by atoms with Crippen molar-refractivity contribution in [3.05, 3.63) is 28.2 Å². The molecule has 0 aliphatic carbocycles. The third-order valence-electron chi connectivity index (χ3n) is 1.92. The van der Waals surface area contributed by atoms with Crippen molar-refractivity contribution in [3.63, 3.8) is 0 Å². The van der Waals surface area contributed by atoms with E-state index in [1.165, 1.54) is 0 Å². The van der Waals surface area contributed by atoms with Gasteiger partial charge in [-0.05, 0) is 24.6 Å². The number of ether oxygens (including phenoxy) is 1. The Bertz CT molecular complexity index is 530. The number of rotatable bonds is 3. The van der Waals surface area contributed by atoms with E-state index in [4.69, 9.17) is 0 Å². The van der Waals surface area contributed by atoms with Gasteiger partial charge >= 0.3 is 16.3 Å². The van der Waals surface area contributed by atoms with Gasteiger partial charge in [0.1, 0.15) is 0 Å². The molecule has 0 heterocycles. The minimum Gasteiger partial charge on any atom is -0.452 e. The maximum absolute atomic E-state index is 11.5. The van der Waals surface area contributed by atoms with Gasteiger partial charge in [-0.15, -0.1) is 0 Å². The summed E-state index contributed by atoms with van der Waals surface area (Å²) < 4.78 is 31.9. The van der Waals surface area contributed by atoms with Crippen LogP contribution in [0.15, 0.2) is 22.7 Å². The Morgan fingerprint density at radius 1 is 1.41 bits per heavy atom. The number of halogens is 1. The molecule has 0 aliphatic heterocycles. The lowest BCUT2D eigenvalue weighted by Crippen LogP contribution is -2.35. The van der Waals surface area contributed by atoms with Crippen LogP contribution in [-0.4, -0.2) is 21.6 Å². The number of hydrogen-bond donors (Lipinski definition) is 2. The molecule has 0 aromatic heterocycles. The van der Waals surface area contributed by atoms with E-state index in [-0.39, 0.29) is 0 Å². The fraction of sp³-hybridized carbons (Fsp3) is 0.222. The summed E-state index contributed by atoms with van der Waals surface area (Å²) in [5, 5.41) is 0. The van der Waals surface area contributed by atoms with Gasteiger partial charge in [0.15, 0.2) is 0 Å². The molecule has 17 heavy (non-hydrogen) atoms. The molecule has 6 nitrogen and oxygen atoms in total. The fourth-order valence-electron chi connectivity index (χ4n) is 1.04. The number of methoxy groups -OCH3 is 1. The molecule has 0 saturated carbocycles. The predicted molar refractivity (Wildman–Crippen MR) is 67.0 cm³/mol. The summed E-state index contributed by atoms with van der Waals surface area (Å²) in [5.74, 6) is 0. The molecule has 0 unspecified atom stereocenters. The first kappa shape index (κ1) is 13.8. The van der Waals surface area contributed by atoms with E-state index in [9.17, 15) is 13.2 Å². The molecule has 0 aliphatic rings. The van der Waals surface area contributed by atoms with Crippen LogP contribution in [0.2, 0.25) is 0 Å². The number of hydrogen-bond acceptors (Lipinski definition) is 4. The molecule has 0 atom stereocenters. The number of benzene rings is 1. The van der Waals surface area contributed by atoms with Gasteiger partial charge in [0, 0.05) is 4.47 Å². The molecule has 1 rings (SSSR count). The number of amides is 1. The minimum absolute atomic E-state index is 0.371. The molecule has 1 amide bonds. The Labute approximate surface area is 108 Å². The second-order valence-corrected chi connectivity index (χ2v) is 5.38. The maximum atomic E-state index is 11.5. The highest BCUT2D eigenvalue weighted by Gasteiger charge is 2.15. The van der Waals surface area contributed by atoms with Crippen LogP contribution in [-0.2, 0) is 14.9 Å². The van der Waals surface area contributed by atoms with Crippen LogP contribution >= 0.6 is 15.9 Å². The van der Waals surface area contributed by atoms with Crippen LogP contribution in [0.5, 0.6) is 0 Å². The van der Waals surface area contributed by atoms with Gasteiger partial charge in [0.25, 0.3) is 0 Å². The van der Waals surface area contributed by atoms with Crippen LogP contribution in [0.3, 0.4) is 0 Å². The van der Waals surface area contributed by atoms with Crippen molar-refractivity contribution in [1.82, 2.24) is 4.72 Å². The quantitative estimate of drug-likeness (QED) is 0.888. The number of anilines is 1. The third-order valence-corrected chi connectivity index (χ3v) is 3.70. The molecular formula is C9H11BrN2O4S. The molecule has 0 spiro atoms. The summed E-state index contributed by atoms with van der Waals surface area (Å²) in [4.78, 5) is 10.8. The van der Waals surface area contributed by atoms with Crippen molar-refractivity contribution in [2.24, 2.45) is 0 Å². The van der Waals surface area contributed by atoms with Gasteiger partial charge in [-0.1, -0.05) is 22.0 Å².